The van der Waals surface area contributed by atoms with Gasteiger partial charge in [-0.15, -0.1) is 11.3 Å². The Kier molecular flexibility index (Phi) is 5.77. The zero-order valence-corrected chi connectivity index (χ0v) is 9.88. The van der Waals surface area contributed by atoms with Crippen LogP contribution in [0.3, 0.4) is 0 Å². The fourth-order valence-corrected chi connectivity index (χ4v) is 2.56. The van der Waals surface area contributed by atoms with Crippen LogP contribution in [0.4, 0.5) is 0 Å². The first-order valence-corrected chi connectivity index (χ1v) is 6.65. The van der Waals surface area contributed by atoms with Crippen LogP contribution in [0.5, 0.6) is 0 Å². The van der Waals surface area contributed by atoms with Crippen molar-refractivity contribution in [1.29, 1.82) is 0 Å². The van der Waals surface area contributed by atoms with E-state index in [2.05, 4.69) is 30.2 Å². The molecule has 0 aliphatic heterocycles. The van der Waals surface area contributed by atoms with Crippen molar-refractivity contribution in [3.63, 3.8) is 0 Å². The van der Waals surface area contributed by atoms with E-state index in [4.69, 9.17) is 5.11 Å². The molecule has 0 aliphatic rings. The van der Waals surface area contributed by atoms with Gasteiger partial charge in [-0.1, -0.05) is 18.8 Å². The molecular formula is C11H14OS2. The average Bonchev–Trinajstić information content (AvgIpc) is 2.63. The van der Waals surface area contributed by atoms with Crippen molar-refractivity contribution in [3.8, 4) is 11.8 Å². The molecule has 0 bridgehead atoms. The Bertz CT molecular complexity index is 320. The molecule has 14 heavy (non-hydrogen) atoms. The van der Waals surface area contributed by atoms with Crippen LogP contribution in [-0.2, 0) is 5.75 Å². The fourth-order valence-electron chi connectivity index (χ4n) is 0.945. The van der Waals surface area contributed by atoms with Gasteiger partial charge >= 0.3 is 0 Å². The highest BCUT2D eigenvalue weighted by molar-refractivity contribution is 7.98. The highest BCUT2D eigenvalue weighted by atomic mass is 32.2. The van der Waals surface area contributed by atoms with Crippen molar-refractivity contribution in [2.75, 3.05) is 12.4 Å². The minimum absolute atomic E-state index is 0.148. The van der Waals surface area contributed by atoms with Gasteiger partial charge in [0.15, 0.2) is 0 Å². The highest BCUT2D eigenvalue weighted by Crippen LogP contribution is 2.19. The van der Waals surface area contributed by atoms with Gasteiger partial charge in [-0.2, -0.15) is 11.8 Å². The first kappa shape index (κ1) is 11.6. The Balaban J connectivity index is 2.47. The third-order valence-electron chi connectivity index (χ3n) is 1.57. The first-order chi connectivity index (χ1) is 6.86. The molecule has 1 aromatic rings. The van der Waals surface area contributed by atoms with E-state index in [9.17, 15) is 0 Å². The molecule has 1 nitrogen and oxygen atoms in total. The summed E-state index contributed by atoms with van der Waals surface area (Å²) in [5, 5.41) is 10.6. The quantitative estimate of drug-likeness (QED) is 0.797. The summed E-state index contributed by atoms with van der Waals surface area (Å²) in [6.07, 6.45) is 0.564. The zero-order valence-electron chi connectivity index (χ0n) is 8.25. The molecule has 0 aromatic carbocycles. The number of aliphatic hydroxyl groups is 1. The lowest BCUT2D eigenvalue weighted by molar-refractivity contribution is 0.305. The maximum absolute atomic E-state index is 8.56. The third kappa shape index (κ3) is 4.19. The molecule has 0 saturated carbocycles. The first-order valence-electron chi connectivity index (χ1n) is 4.61. The third-order valence-corrected chi connectivity index (χ3v) is 3.61. The Morgan fingerprint density at radius 3 is 3.14 bits per heavy atom. The molecule has 0 fully saturated rings. The van der Waals surface area contributed by atoms with Crippen LogP contribution in [0.15, 0.2) is 11.4 Å². The van der Waals surface area contributed by atoms with Crippen molar-refractivity contribution >= 4 is 23.1 Å². The number of hydrogen-bond donors (Lipinski definition) is 1. The number of hydrogen-bond acceptors (Lipinski definition) is 3. The largest absolute Gasteiger partial charge is 0.395 e. The van der Waals surface area contributed by atoms with E-state index in [0.29, 0.717) is 6.42 Å². The fraction of sp³-hybridized carbons (Fsp3) is 0.455. The van der Waals surface area contributed by atoms with Gasteiger partial charge in [0.2, 0.25) is 0 Å². The summed E-state index contributed by atoms with van der Waals surface area (Å²) in [5.41, 5.74) is 1.08. The normalized spacial score (nSPS) is 9.57. The summed E-state index contributed by atoms with van der Waals surface area (Å²) in [7, 11) is 0. The van der Waals surface area contributed by atoms with E-state index in [1.165, 1.54) is 4.88 Å². The van der Waals surface area contributed by atoms with Gasteiger partial charge < -0.3 is 5.11 Å². The SMILES string of the molecule is CCSCc1cc(C#CCCO)cs1. The topological polar surface area (TPSA) is 20.2 Å². The number of thiophene rings is 1. The number of rotatable bonds is 4. The molecule has 0 spiro atoms. The van der Waals surface area contributed by atoms with E-state index in [-0.39, 0.29) is 6.61 Å². The smallest absolute Gasteiger partial charge is 0.0540 e. The Labute approximate surface area is 93.5 Å². The number of aliphatic hydroxyl groups excluding tert-OH is 1. The molecule has 0 radical (unpaired) electrons. The molecule has 76 valence electrons. The Morgan fingerprint density at radius 2 is 2.43 bits per heavy atom. The van der Waals surface area contributed by atoms with Crippen molar-refractivity contribution in [1.82, 2.24) is 0 Å². The summed E-state index contributed by atoms with van der Waals surface area (Å²) in [4.78, 5) is 1.38. The van der Waals surface area contributed by atoms with Gasteiger partial charge in [-0.05, 0) is 11.8 Å². The molecule has 0 aliphatic carbocycles. The van der Waals surface area contributed by atoms with Gasteiger partial charge in [-0.25, -0.2) is 0 Å². The van der Waals surface area contributed by atoms with Crippen LogP contribution in [0.2, 0.25) is 0 Å². The van der Waals surface area contributed by atoms with Gasteiger partial charge in [-0.3, -0.25) is 0 Å². The van der Waals surface area contributed by atoms with Gasteiger partial charge in [0.05, 0.1) is 6.61 Å². The summed E-state index contributed by atoms with van der Waals surface area (Å²) < 4.78 is 0. The summed E-state index contributed by atoms with van der Waals surface area (Å²) in [5.74, 6) is 8.20. The molecule has 1 rings (SSSR count). The summed E-state index contributed by atoms with van der Waals surface area (Å²) in [6.45, 7) is 2.32. The summed E-state index contributed by atoms with van der Waals surface area (Å²) in [6, 6.07) is 2.14. The van der Waals surface area contributed by atoms with Crippen LogP contribution in [0.1, 0.15) is 23.8 Å². The molecule has 3 heteroatoms. The molecule has 0 saturated heterocycles. The average molecular weight is 226 g/mol. The van der Waals surface area contributed by atoms with Crippen LogP contribution >= 0.6 is 23.1 Å². The Hall–Kier alpha value is -0.430. The van der Waals surface area contributed by atoms with Gasteiger partial charge in [0, 0.05) is 28.0 Å². The molecule has 1 heterocycles. The highest BCUT2D eigenvalue weighted by Gasteiger charge is 1.96. The molecule has 0 unspecified atom stereocenters. The van der Waals surface area contributed by atoms with Gasteiger partial charge in [0.25, 0.3) is 0 Å². The van der Waals surface area contributed by atoms with Crippen molar-refractivity contribution in [2.24, 2.45) is 0 Å². The second kappa shape index (κ2) is 6.94. The predicted octanol–water partition coefficient (Wildman–Crippen LogP) is 2.74. The molecule has 0 atom stereocenters. The van der Waals surface area contributed by atoms with Crippen molar-refractivity contribution in [2.45, 2.75) is 19.1 Å². The summed E-state index contributed by atoms with van der Waals surface area (Å²) >= 11 is 3.69. The van der Waals surface area contributed by atoms with Crippen LogP contribution < -0.4 is 0 Å². The molecule has 0 amide bonds. The second-order valence-electron chi connectivity index (χ2n) is 2.71. The number of thioether (sulfide) groups is 1. The minimum Gasteiger partial charge on any atom is -0.395 e. The van der Waals surface area contributed by atoms with Crippen molar-refractivity contribution in [3.05, 3.63) is 21.9 Å². The van der Waals surface area contributed by atoms with E-state index in [1.807, 2.05) is 11.8 Å². The van der Waals surface area contributed by atoms with Gasteiger partial charge in [0.1, 0.15) is 0 Å². The van der Waals surface area contributed by atoms with Crippen LogP contribution in [-0.4, -0.2) is 17.5 Å². The van der Waals surface area contributed by atoms with Crippen LogP contribution in [0, 0.1) is 11.8 Å². The zero-order chi connectivity index (χ0) is 10.2. The Morgan fingerprint density at radius 1 is 1.57 bits per heavy atom. The standard InChI is InChI=1S/C11H14OS2/c1-2-13-9-11-7-10(8-14-11)5-3-4-6-12/h7-8,12H,2,4,6,9H2,1H3. The van der Waals surface area contributed by atoms with Crippen LogP contribution in [0.25, 0.3) is 0 Å². The lowest BCUT2D eigenvalue weighted by Crippen LogP contribution is -1.76. The second-order valence-corrected chi connectivity index (χ2v) is 4.98. The van der Waals surface area contributed by atoms with E-state index in [0.717, 1.165) is 17.1 Å². The van der Waals surface area contributed by atoms with E-state index < -0.39 is 0 Å². The van der Waals surface area contributed by atoms with E-state index in [1.54, 1.807) is 11.3 Å². The molecule has 1 aromatic heterocycles. The van der Waals surface area contributed by atoms with Crippen molar-refractivity contribution < 1.29 is 5.11 Å². The molecular weight excluding hydrogens is 212 g/mol. The predicted molar refractivity (Wildman–Crippen MR) is 64.7 cm³/mol. The lowest BCUT2D eigenvalue weighted by Gasteiger charge is -1.91. The lowest BCUT2D eigenvalue weighted by atomic mass is 10.3. The maximum atomic E-state index is 8.56. The maximum Gasteiger partial charge on any atom is 0.0540 e. The van der Waals surface area contributed by atoms with E-state index >= 15 is 0 Å². The molecule has 1 N–H and O–H groups in total. The monoisotopic (exact) mass is 226 g/mol. The minimum atomic E-state index is 0.148.